The van der Waals surface area contributed by atoms with Crippen molar-refractivity contribution in [3.63, 3.8) is 0 Å². The number of halogens is 1. The average molecular weight is 463 g/mol. The third-order valence-corrected chi connectivity index (χ3v) is 6.21. The van der Waals surface area contributed by atoms with Gasteiger partial charge in [0, 0.05) is 31.6 Å². The molecule has 1 aliphatic carbocycles. The second-order valence-electron chi connectivity index (χ2n) is 8.68. The molecule has 32 heavy (non-hydrogen) atoms. The van der Waals surface area contributed by atoms with Crippen LogP contribution < -0.4 is 11.1 Å². The number of amides is 2. The summed E-state index contributed by atoms with van der Waals surface area (Å²) in [7, 11) is 0. The highest BCUT2D eigenvalue weighted by Crippen LogP contribution is 2.40. The Morgan fingerprint density at radius 2 is 1.88 bits per heavy atom. The predicted molar refractivity (Wildman–Crippen MR) is 122 cm³/mol. The number of carbonyl (C=O) groups excluding carboxylic acids is 2. The SMILES string of the molecule is Cl.N[C@@H](Cc1ccc(O)cc1)C(=O)N1CCC(CCNC(=O)c2cc(C3CC3)on2)CC1. The van der Waals surface area contributed by atoms with Crippen LogP contribution in [0.15, 0.2) is 34.9 Å². The van der Waals surface area contributed by atoms with Gasteiger partial charge in [-0.15, -0.1) is 12.4 Å². The van der Waals surface area contributed by atoms with Gasteiger partial charge in [0.15, 0.2) is 5.69 Å². The molecule has 1 aromatic heterocycles. The standard InChI is InChI=1S/C23H30N4O4.ClH/c24-19(13-16-1-5-18(28)6-2-16)23(30)27-11-8-15(9-12-27)7-10-25-22(29)20-14-21(31-26-20)17-3-4-17;/h1-2,5-6,14-15,17,19,28H,3-4,7-13,24H2,(H,25,29);1H/t19-;/m0./s1. The normalized spacial score (nSPS) is 17.5. The van der Waals surface area contributed by atoms with E-state index in [1.807, 2.05) is 4.90 Å². The third-order valence-electron chi connectivity index (χ3n) is 6.21. The number of nitrogens with one attached hydrogen (secondary N) is 1. The van der Waals surface area contributed by atoms with Crippen molar-refractivity contribution in [2.24, 2.45) is 11.7 Å². The summed E-state index contributed by atoms with van der Waals surface area (Å²) < 4.78 is 5.23. The summed E-state index contributed by atoms with van der Waals surface area (Å²) in [4.78, 5) is 26.7. The van der Waals surface area contributed by atoms with Gasteiger partial charge in [-0.3, -0.25) is 9.59 Å². The highest BCUT2D eigenvalue weighted by molar-refractivity contribution is 5.92. The van der Waals surface area contributed by atoms with E-state index < -0.39 is 6.04 Å². The Balaban J connectivity index is 0.00000289. The van der Waals surface area contributed by atoms with Crippen molar-refractivity contribution >= 4 is 24.2 Å². The first kappa shape index (κ1) is 24.1. The molecule has 2 aromatic rings. The molecule has 0 bridgehead atoms. The molecule has 1 atom stereocenters. The molecule has 0 spiro atoms. The summed E-state index contributed by atoms with van der Waals surface area (Å²) >= 11 is 0. The van der Waals surface area contributed by atoms with Crippen molar-refractivity contribution < 1.29 is 19.2 Å². The molecule has 1 saturated carbocycles. The van der Waals surface area contributed by atoms with Crippen molar-refractivity contribution in [3.05, 3.63) is 47.3 Å². The second kappa shape index (κ2) is 10.8. The lowest BCUT2D eigenvalue weighted by molar-refractivity contribution is -0.134. The Hall–Kier alpha value is -2.58. The van der Waals surface area contributed by atoms with Crippen LogP contribution in [-0.4, -0.2) is 52.7 Å². The Morgan fingerprint density at radius 1 is 1.19 bits per heavy atom. The number of phenolic OH excluding ortho intramolecular Hbond substituents is 1. The first-order valence-electron chi connectivity index (χ1n) is 11.1. The topological polar surface area (TPSA) is 122 Å². The number of phenols is 1. The van der Waals surface area contributed by atoms with Gasteiger partial charge in [0.05, 0.1) is 6.04 Å². The maximum absolute atomic E-state index is 12.7. The first-order valence-corrected chi connectivity index (χ1v) is 11.1. The van der Waals surface area contributed by atoms with E-state index >= 15 is 0 Å². The quantitative estimate of drug-likeness (QED) is 0.554. The van der Waals surface area contributed by atoms with Gasteiger partial charge in [0.25, 0.3) is 5.91 Å². The number of aromatic nitrogens is 1. The maximum atomic E-state index is 12.7. The molecule has 174 valence electrons. The number of hydrogen-bond acceptors (Lipinski definition) is 6. The van der Waals surface area contributed by atoms with Gasteiger partial charge < -0.3 is 25.6 Å². The van der Waals surface area contributed by atoms with E-state index in [2.05, 4.69) is 10.5 Å². The summed E-state index contributed by atoms with van der Waals surface area (Å²) in [5, 5.41) is 16.2. The summed E-state index contributed by atoms with van der Waals surface area (Å²) in [6, 6.07) is 7.95. The highest BCUT2D eigenvalue weighted by Gasteiger charge is 2.29. The van der Waals surface area contributed by atoms with Crippen LogP contribution in [0.5, 0.6) is 5.75 Å². The average Bonchev–Trinajstić information content (AvgIpc) is 3.51. The molecule has 2 aliphatic rings. The summed E-state index contributed by atoms with van der Waals surface area (Å²) in [6.45, 7) is 1.97. The molecule has 2 fully saturated rings. The Kier molecular flexibility index (Phi) is 8.15. The zero-order valence-corrected chi connectivity index (χ0v) is 18.9. The van der Waals surface area contributed by atoms with Crippen LogP contribution in [0.4, 0.5) is 0 Å². The number of nitrogens with zero attached hydrogens (tertiary/aromatic N) is 2. The Labute approximate surface area is 193 Å². The molecule has 2 heterocycles. The van der Waals surface area contributed by atoms with Crippen molar-refractivity contribution in [1.82, 2.24) is 15.4 Å². The molecule has 1 aromatic carbocycles. The van der Waals surface area contributed by atoms with Gasteiger partial charge in [-0.2, -0.15) is 0 Å². The summed E-state index contributed by atoms with van der Waals surface area (Å²) in [6.07, 6.45) is 5.36. The molecular formula is C23H31ClN4O4. The number of rotatable bonds is 8. The minimum atomic E-state index is -0.580. The predicted octanol–water partition coefficient (Wildman–Crippen LogP) is 2.61. The first-order chi connectivity index (χ1) is 15.0. The lowest BCUT2D eigenvalue weighted by Gasteiger charge is -2.33. The molecule has 9 heteroatoms. The molecule has 2 amide bonds. The van der Waals surface area contributed by atoms with E-state index in [1.165, 1.54) is 0 Å². The van der Waals surface area contributed by atoms with Gasteiger partial charge in [0.2, 0.25) is 5.91 Å². The number of piperidine rings is 1. The monoisotopic (exact) mass is 462 g/mol. The lowest BCUT2D eigenvalue weighted by atomic mass is 9.93. The third kappa shape index (κ3) is 6.23. The molecule has 0 radical (unpaired) electrons. The molecular weight excluding hydrogens is 432 g/mol. The summed E-state index contributed by atoms with van der Waals surface area (Å²) in [5.41, 5.74) is 7.41. The molecule has 4 N–H and O–H groups in total. The fourth-order valence-corrected chi connectivity index (χ4v) is 4.09. The van der Waals surface area contributed by atoms with Crippen molar-refractivity contribution in [2.45, 2.75) is 50.5 Å². The minimum absolute atomic E-state index is 0. The zero-order chi connectivity index (χ0) is 21.8. The fourth-order valence-electron chi connectivity index (χ4n) is 4.09. The number of benzene rings is 1. The van der Waals surface area contributed by atoms with Gasteiger partial charge in [-0.05, 0) is 62.1 Å². The van der Waals surface area contributed by atoms with Crippen molar-refractivity contribution in [1.29, 1.82) is 0 Å². The minimum Gasteiger partial charge on any atom is -0.508 e. The maximum Gasteiger partial charge on any atom is 0.273 e. The number of nitrogens with two attached hydrogens (primary N) is 1. The van der Waals surface area contributed by atoms with Crippen LogP contribution in [0.1, 0.15) is 59.8 Å². The van der Waals surface area contributed by atoms with Gasteiger partial charge in [-0.1, -0.05) is 17.3 Å². The van der Waals surface area contributed by atoms with E-state index in [9.17, 15) is 14.7 Å². The van der Waals surface area contributed by atoms with Crippen LogP contribution in [-0.2, 0) is 11.2 Å². The lowest BCUT2D eigenvalue weighted by Crippen LogP contribution is -2.48. The largest absolute Gasteiger partial charge is 0.508 e. The number of hydrogen-bond donors (Lipinski definition) is 3. The molecule has 1 aliphatic heterocycles. The van der Waals surface area contributed by atoms with Crippen LogP contribution >= 0.6 is 12.4 Å². The van der Waals surface area contributed by atoms with Crippen molar-refractivity contribution in [3.8, 4) is 5.75 Å². The number of aromatic hydroxyl groups is 1. The second-order valence-corrected chi connectivity index (χ2v) is 8.68. The Morgan fingerprint density at radius 3 is 2.53 bits per heavy atom. The zero-order valence-electron chi connectivity index (χ0n) is 18.0. The fraction of sp³-hybridized carbons (Fsp3) is 0.522. The van der Waals surface area contributed by atoms with Gasteiger partial charge >= 0.3 is 0 Å². The highest BCUT2D eigenvalue weighted by atomic mass is 35.5. The van der Waals surface area contributed by atoms with E-state index in [0.717, 1.165) is 43.4 Å². The van der Waals surface area contributed by atoms with E-state index in [0.29, 0.717) is 43.6 Å². The molecule has 8 nitrogen and oxygen atoms in total. The Bertz CT molecular complexity index is 905. The molecule has 0 unspecified atom stereocenters. The van der Waals surface area contributed by atoms with E-state index in [-0.39, 0.29) is 30.0 Å². The van der Waals surface area contributed by atoms with Crippen LogP contribution in [0, 0.1) is 5.92 Å². The van der Waals surface area contributed by atoms with Crippen molar-refractivity contribution in [2.75, 3.05) is 19.6 Å². The van der Waals surface area contributed by atoms with Crippen LogP contribution in [0.25, 0.3) is 0 Å². The van der Waals surface area contributed by atoms with E-state index in [4.69, 9.17) is 10.3 Å². The van der Waals surface area contributed by atoms with Gasteiger partial charge in [0.1, 0.15) is 11.5 Å². The van der Waals surface area contributed by atoms with E-state index in [1.54, 1.807) is 30.3 Å². The molecule has 1 saturated heterocycles. The smallest absolute Gasteiger partial charge is 0.273 e. The summed E-state index contributed by atoms with van der Waals surface area (Å²) in [5.74, 6) is 1.70. The number of carbonyl (C=O) groups is 2. The molecule has 4 rings (SSSR count). The van der Waals surface area contributed by atoms with Crippen LogP contribution in [0.3, 0.4) is 0 Å². The van der Waals surface area contributed by atoms with Gasteiger partial charge in [-0.25, -0.2) is 0 Å². The number of likely N-dealkylation sites (tertiary alicyclic amines) is 1. The van der Waals surface area contributed by atoms with Crippen LogP contribution in [0.2, 0.25) is 0 Å².